The van der Waals surface area contributed by atoms with Gasteiger partial charge < -0.3 is 14.4 Å². The summed E-state index contributed by atoms with van der Waals surface area (Å²) in [6.45, 7) is 11.6. The van der Waals surface area contributed by atoms with Gasteiger partial charge >= 0.3 is 5.97 Å². The van der Waals surface area contributed by atoms with Crippen LogP contribution in [0.25, 0.3) is 0 Å². The Labute approximate surface area is 187 Å². The summed E-state index contributed by atoms with van der Waals surface area (Å²) in [5, 5.41) is 0. The number of hydrogen-bond donors (Lipinski definition) is 0. The summed E-state index contributed by atoms with van der Waals surface area (Å²) in [6, 6.07) is 8.82. The number of nitrogens with zero attached hydrogens (tertiary/aromatic N) is 3. The fourth-order valence-electron chi connectivity index (χ4n) is 5.04. The molecule has 0 amide bonds. The second-order valence-corrected chi connectivity index (χ2v) is 8.80. The first kappa shape index (κ1) is 23.6. The van der Waals surface area contributed by atoms with Gasteiger partial charge in [0.1, 0.15) is 5.75 Å². The number of carbonyl (C=O) groups is 1. The zero-order chi connectivity index (χ0) is 22.2. The lowest BCUT2D eigenvalue weighted by Crippen LogP contribution is -2.57. The van der Waals surface area contributed by atoms with Crippen molar-refractivity contribution >= 4 is 11.7 Å². The number of esters is 1. The van der Waals surface area contributed by atoms with Crippen molar-refractivity contribution in [2.24, 2.45) is 5.92 Å². The van der Waals surface area contributed by atoms with Crippen molar-refractivity contribution < 1.29 is 14.3 Å². The molecule has 2 fully saturated rings. The van der Waals surface area contributed by atoms with E-state index in [2.05, 4.69) is 46.8 Å². The molecular formula is C25H39N3O3. The highest BCUT2D eigenvalue weighted by atomic mass is 16.5. The molecule has 2 atom stereocenters. The van der Waals surface area contributed by atoms with Crippen LogP contribution < -0.4 is 9.64 Å². The number of anilines is 1. The lowest BCUT2D eigenvalue weighted by atomic mass is 9.86. The molecule has 2 saturated heterocycles. The Morgan fingerprint density at radius 3 is 2.55 bits per heavy atom. The molecule has 0 aliphatic carbocycles. The van der Waals surface area contributed by atoms with Crippen molar-refractivity contribution in [3.05, 3.63) is 35.9 Å². The van der Waals surface area contributed by atoms with Gasteiger partial charge in [0.15, 0.2) is 0 Å². The summed E-state index contributed by atoms with van der Waals surface area (Å²) in [7, 11) is 3.23. The average molecular weight is 430 g/mol. The van der Waals surface area contributed by atoms with Crippen LogP contribution in [0, 0.1) is 5.92 Å². The number of para-hydroxylation sites is 2. The van der Waals surface area contributed by atoms with Crippen LogP contribution in [0.15, 0.2) is 35.9 Å². The van der Waals surface area contributed by atoms with Gasteiger partial charge in [0, 0.05) is 51.7 Å². The van der Waals surface area contributed by atoms with Gasteiger partial charge in [-0.1, -0.05) is 23.8 Å². The maximum absolute atomic E-state index is 11.8. The molecule has 0 saturated carbocycles. The molecule has 0 unspecified atom stereocenters. The van der Waals surface area contributed by atoms with Gasteiger partial charge in [0.25, 0.3) is 0 Å². The second kappa shape index (κ2) is 11.5. The lowest BCUT2D eigenvalue weighted by Gasteiger charge is -2.47. The van der Waals surface area contributed by atoms with Crippen LogP contribution in [-0.2, 0) is 9.53 Å². The number of methoxy groups -OCH3 is 2. The summed E-state index contributed by atoms with van der Waals surface area (Å²) in [4.78, 5) is 19.5. The van der Waals surface area contributed by atoms with E-state index in [0.717, 1.165) is 64.4 Å². The Bertz CT molecular complexity index is 743. The van der Waals surface area contributed by atoms with Gasteiger partial charge in [-0.3, -0.25) is 14.6 Å². The van der Waals surface area contributed by atoms with Crippen LogP contribution in [0.2, 0.25) is 0 Å². The number of benzene rings is 1. The van der Waals surface area contributed by atoms with Crippen molar-refractivity contribution in [3.8, 4) is 5.75 Å². The monoisotopic (exact) mass is 429 g/mol. The van der Waals surface area contributed by atoms with Gasteiger partial charge in [0.2, 0.25) is 0 Å². The summed E-state index contributed by atoms with van der Waals surface area (Å²) in [5.74, 6) is 1.34. The van der Waals surface area contributed by atoms with Crippen LogP contribution >= 0.6 is 0 Å². The van der Waals surface area contributed by atoms with Gasteiger partial charge in [-0.2, -0.15) is 0 Å². The number of rotatable bonds is 8. The first-order valence-corrected chi connectivity index (χ1v) is 11.6. The number of hydrogen-bond acceptors (Lipinski definition) is 6. The SMILES string of the molecule is C/C=C(\C)CN1CC[C@@H](N2CCN(c3ccccc3OC)CC2)[C@@H](CCC(=O)OC)C1. The van der Waals surface area contributed by atoms with Crippen LogP contribution in [0.4, 0.5) is 5.69 Å². The molecule has 172 valence electrons. The highest BCUT2D eigenvalue weighted by molar-refractivity contribution is 5.69. The van der Waals surface area contributed by atoms with Gasteiger partial charge in [-0.15, -0.1) is 0 Å². The lowest BCUT2D eigenvalue weighted by molar-refractivity contribution is -0.141. The minimum Gasteiger partial charge on any atom is -0.495 e. The van der Waals surface area contributed by atoms with Crippen LogP contribution in [0.3, 0.4) is 0 Å². The molecule has 0 radical (unpaired) electrons. The smallest absolute Gasteiger partial charge is 0.305 e. The Balaban J connectivity index is 1.63. The standard InChI is InChI=1S/C25H39N3O3/c1-5-20(2)18-26-13-12-22(21(19-26)10-11-25(29)31-4)27-14-16-28(17-15-27)23-8-6-7-9-24(23)30-3/h5-9,21-22H,10-19H2,1-4H3/b20-5+/t21-,22+/m0/s1. The van der Waals surface area contributed by atoms with Crippen molar-refractivity contribution in [3.63, 3.8) is 0 Å². The fourth-order valence-corrected chi connectivity index (χ4v) is 5.04. The molecule has 6 heteroatoms. The molecule has 2 heterocycles. The molecule has 0 aromatic heterocycles. The number of ether oxygens (including phenoxy) is 2. The second-order valence-electron chi connectivity index (χ2n) is 8.80. The molecule has 2 aliphatic heterocycles. The van der Waals surface area contributed by atoms with E-state index in [-0.39, 0.29) is 5.97 Å². The number of piperidine rings is 1. The third kappa shape index (κ3) is 6.23. The number of allylic oxidation sites excluding steroid dienone is 1. The Morgan fingerprint density at radius 1 is 1.13 bits per heavy atom. The van der Waals surface area contributed by atoms with E-state index in [1.807, 2.05) is 12.1 Å². The molecule has 3 rings (SSSR count). The molecule has 2 aliphatic rings. The maximum atomic E-state index is 11.8. The third-order valence-corrected chi connectivity index (χ3v) is 6.90. The highest BCUT2D eigenvalue weighted by Gasteiger charge is 2.35. The Hall–Kier alpha value is -2.05. The van der Waals surface area contributed by atoms with Gasteiger partial charge in [-0.05, 0) is 51.3 Å². The van der Waals surface area contributed by atoms with E-state index < -0.39 is 0 Å². The Kier molecular flexibility index (Phi) is 8.79. The first-order valence-electron chi connectivity index (χ1n) is 11.6. The third-order valence-electron chi connectivity index (χ3n) is 6.90. The number of carbonyl (C=O) groups excluding carboxylic acids is 1. The van der Waals surface area contributed by atoms with Crippen molar-refractivity contribution in [1.82, 2.24) is 9.80 Å². The number of piperazine rings is 1. The zero-order valence-corrected chi connectivity index (χ0v) is 19.7. The van der Waals surface area contributed by atoms with E-state index in [4.69, 9.17) is 9.47 Å². The first-order chi connectivity index (χ1) is 15.0. The van der Waals surface area contributed by atoms with E-state index >= 15 is 0 Å². The molecule has 0 spiro atoms. The molecule has 0 N–H and O–H groups in total. The predicted molar refractivity (Wildman–Crippen MR) is 126 cm³/mol. The highest BCUT2D eigenvalue weighted by Crippen LogP contribution is 2.31. The minimum absolute atomic E-state index is 0.0958. The van der Waals surface area contributed by atoms with E-state index in [9.17, 15) is 4.79 Å². The molecule has 6 nitrogen and oxygen atoms in total. The van der Waals surface area contributed by atoms with Crippen LogP contribution in [0.1, 0.15) is 33.1 Å². The van der Waals surface area contributed by atoms with Crippen molar-refractivity contribution in [2.45, 2.75) is 39.2 Å². The molecule has 1 aromatic carbocycles. The molecule has 0 bridgehead atoms. The topological polar surface area (TPSA) is 45.2 Å². The maximum Gasteiger partial charge on any atom is 0.305 e. The normalized spacial score (nSPS) is 23.6. The van der Waals surface area contributed by atoms with Crippen LogP contribution in [-0.4, -0.2) is 81.8 Å². The minimum atomic E-state index is -0.0958. The average Bonchev–Trinajstić information content (AvgIpc) is 2.82. The fraction of sp³-hybridized carbons (Fsp3) is 0.640. The molecule has 31 heavy (non-hydrogen) atoms. The van der Waals surface area contributed by atoms with E-state index in [1.54, 1.807) is 7.11 Å². The largest absolute Gasteiger partial charge is 0.495 e. The van der Waals surface area contributed by atoms with Crippen LogP contribution in [0.5, 0.6) is 5.75 Å². The van der Waals surface area contributed by atoms with E-state index in [1.165, 1.54) is 18.4 Å². The molecular weight excluding hydrogens is 390 g/mol. The van der Waals surface area contributed by atoms with Gasteiger partial charge in [0.05, 0.1) is 19.9 Å². The van der Waals surface area contributed by atoms with Crippen molar-refractivity contribution in [1.29, 1.82) is 0 Å². The van der Waals surface area contributed by atoms with Gasteiger partial charge in [-0.25, -0.2) is 0 Å². The predicted octanol–water partition coefficient (Wildman–Crippen LogP) is 3.43. The number of likely N-dealkylation sites (tertiary alicyclic amines) is 1. The summed E-state index contributed by atoms with van der Waals surface area (Å²) in [6.07, 6.45) is 4.77. The van der Waals surface area contributed by atoms with E-state index in [0.29, 0.717) is 18.4 Å². The van der Waals surface area contributed by atoms with Crippen molar-refractivity contribution in [2.75, 3.05) is 64.9 Å². The summed E-state index contributed by atoms with van der Waals surface area (Å²) in [5.41, 5.74) is 2.60. The molecule has 1 aromatic rings. The zero-order valence-electron chi connectivity index (χ0n) is 19.7. The summed E-state index contributed by atoms with van der Waals surface area (Å²) >= 11 is 0. The quantitative estimate of drug-likeness (QED) is 0.466. The Morgan fingerprint density at radius 2 is 1.87 bits per heavy atom. The summed E-state index contributed by atoms with van der Waals surface area (Å²) < 4.78 is 10.5.